The Kier molecular flexibility index (Phi) is 3.97. The third-order valence-electron chi connectivity index (χ3n) is 3.53. The van der Waals surface area contributed by atoms with E-state index in [1.165, 1.54) is 22.3 Å². The van der Waals surface area contributed by atoms with Gasteiger partial charge in [-0.2, -0.15) is 0 Å². The molecule has 0 radical (unpaired) electrons. The molecule has 1 aromatic heterocycles. The van der Waals surface area contributed by atoms with E-state index in [-0.39, 0.29) is 0 Å². The van der Waals surface area contributed by atoms with E-state index in [0.717, 1.165) is 12.4 Å². The van der Waals surface area contributed by atoms with Gasteiger partial charge in [0, 0.05) is 12.7 Å². The van der Waals surface area contributed by atoms with Gasteiger partial charge in [-0.15, -0.1) is 0 Å². The summed E-state index contributed by atoms with van der Waals surface area (Å²) in [6, 6.07) is 23.0. The van der Waals surface area contributed by atoms with E-state index in [9.17, 15) is 0 Å². The first kappa shape index (κ1) is 13.4. The van der Waals surface area contributed by atoms with Gasteiger partial charge in [0.05, 0.1) is 0 Å². The van der Waals surface area contributed by atoms with E-state index >= 15 is 0 Å². The molecule has 3 aromatic rings. The fraction of sp³-hybridized carbons (Fsp3) is 0.105. The largest absolute Gasteiger partial charge is 0.366 e. The first-order valence-corrected chi connectivity index (χ1v) is 7.13. The van der Waals surface area contributed by atoms with Gasteiger partial charge in [0.15, 0.2) is 0 Å². The summed E-state index contributed by atoms with van der Waals surface area (Å²) in [5.74, 6) is 0.902. The van der Waals surface area contributed by atoms with E-state index in [4.69, 9.17) is 0 Å². The minimum atomic E-state index is 0.775. The van der Waals surface area contributed by atoms with Gasteiger partial charge in [-0.25, -0.2) is 4.98 Å². The number of nitrogens with zero attached hydrogens (tertiary/aromatic N) is 1. The van der Waals surface area contributed by atoms with E-state index in [0.29, 0.717) is 0 Å². The lowest BCUT2D eigenvalue weighted by atomic mass is 9.98. The van der Waals surface area contributed by atoms with Crippen LogP contribution in [-0.4, -0.2) is 4.98 Å². The molecule has 104 valence electrons. The van der Waals surface area contributed by atoms with E-state index in [1.54, 1.807) is 6.20 Å². The summed E-state index contributed by atoms with van der Waals surface area (Å²) in [7, 11) is 0. The second-order valence-electron chi connectivity index (χ2n) is 5.08. The van der Waals surface area contributed by atoms with Crippen LogP contribution in [0.25, 0.3) is 11.1 Å². The van der Waals surface area contributed by atoms with Crippen molar-refractivity contribution in [3.05, 3.63) is 84.1 Å². The molecular weight excluding hydrogens is 256 g/mol. The van der Waals surface area contributed by atoms with Gasteiger partial charge in [-0.3, -0.25) is 0 Å². The minimum absolute atomic E-state index is 0.775. The van der Waals surface area contributed by atoms with Gasteiger partial charge in [-0.1, -0.05) is 48.5 Å². The predicted octanol–water partition coefficient (Wildman–Crippen LogP) is 4.67. The van der Waals surface area contributed by atoms with Crippen LogP contribution in [0.3, 0.4) is 0 Å². The molecule has 2 nitrogen and oxygen atoms in total. The maximum absolute atomic E-state index is 4.28. The maximum atomic E-state index is 4.28. The van der Waals surface area contributed by atoms with Gasteiger partial charge >= 0.3 is 0 Å². The molecule has 0 spiro atoms. The zero-order chi connectivity index (χ0) is 14.5. The molecule has 2 aromatic carbocycles. The molecule has 1 N–H and O–H groups in total. The first-order valence-electron chi connectivity index (χ1n) is 7.13. The third kappa shape index (κ3) is 3.29. The fourth-order valence-corrected chi connectivity index (χ4v) is 2.37. The van der Waals surface area contributed by atoms with Crippen LogP contribution in [0, 0.1) is 6.92 Å². The number of rotatable bonds is 4. The standard InChI is InChI=1S/C19H18N2/c1-15-10-11-16(14-21-19-9-5-6-12-20-19)13-18(15)17-7-3-2-4-8-17/h2-13H,14H2,1H3,(H,20,21). The lowest BCUT2D eigenvalue weighted by Gasteiger charge is -2.10. The second kappa shape index (κ2) is 6.23. The van der Waals surface area contributed by atoms with E-state index in [2.05, 4.69) is 59.7 Å². The lowest BCUT2D eigenvalue weighted by Crippen LogP contribution is -2.01. The van der Waals surface area contributed by atoms with Crippen LogP contribution in [0.2, 0.25) is 0 Å². The fourth-order valence-electron chi connectivity index (χ4n) is 2.37. The van der Waals surface area contributed by atoms with E-state index in [1.807, 2.05) is 24.3 Å². The Balaban J connectivity index is 1.81. The summed E-state index contributed by atoms with van der Waals surface area (Å²) in [4.78, 5) is 4.28. The molecule has 0 bridgehead atoms. The predicted molar refractivity (Wildman–Crippen MR) is 88.2 cm³/mol. The molecule has 0 saturated carbocycles. The monoisotopic (exact) mass is 274 g/mol. The van der Waals surface area contributed by atoms with Gasteiger partial charge < -0.3 is 5.32 Å². The number of aromatic nitrogens is 1. The van der Waals surface area contributed by atoms with Crippen molar-refractivity contribution in [3.63, 3.8) is 0 Å². The van der Waals surface area contributed by atoms with Crippen LogP contribution >= 0.6 is 0 Å². The Bertz CT molecular complexity index is 706. The molecule has 21 heavy (non-hydrogen) atoms. The third-order valence-corrected chi connectivity index (χ3v) is 3.53. The van der Waals surface area contributed by atoms with Gasteiger partial charge in [0.1, 0.15) is 5.82 Å². The summed E-state index contributed by atoms with van der Waals surface area (Å²) in [5.41, 5.74) is 5.10. The van der Waals surface area contributed by atoms with Crippen molar-refractivity contribution in [1.82, 2.24) is 4.98 Å². The van der Waals surface area contributed by atoms with Crippen LogP contribution in [0.4, 0.5) is 5.82 Å². The minimum Gasteiger partial charge on any atom is -0.366 e. The Morgan fingerprint density at radius 1 is 0.905 bits per heavy atom. The molecule has 3 rings (SSSR count). The van der Waals surface area contributed by atoms with Crippen molar-refractivity contribution in [2.75, 3.05) is 5.32 Å². The highest BCUT2D eigenvalue weighted by atomic mass is 15.0. The normalized spacial score (nSPS) is 10.3. The van der Waals surface area contributed by atoms with Gasteiger partial charge in [0.25, 0.3) is 0 Å². The average Bonchev–Trinajstić information content (AvgIpc) is 2.56. The number of aryl methyl sites for hydroxylation is 1. The van der Waals surface area contributed by atoms with Gasteiger partial charge in [-0.05, 0) is 47.4 Å². The summed E-state index contributed by atoms with van der Waals surface area (Å²) in [6.45, 7) is 2.93. The molecule has 0 aliphatic carbocycles. The first-order chi connectivity index (χ1) is 10.3. The quantitative estimate of drug-likeness (QED) is 0.748. The number of benzene rings is 2. The average molecular weight is 274 g/mol. The van der Waals surface area contributed by atoms with Crippen molar-refractivity contribution in [3.8, 4) is 11.1 Å². The number of hydrogen-bond acceptors (Lipinski definition) is 2. The van der Waals surface area contributed by atoms with Crippen LogP contribution < -0.4 is 5.32 Å². The molecular formula is C19H18N2. The molecule has 0 fully saturated rings. The van der Waals surface area contributed by atoms with Crippen LogP contribution in [0.5, 0.6) is 0 Å². The molecule has 0 amide bonds. The number of hydrogen-bond donors (Lipinski definition) is 1. The number of nitrogens with one attached hydrogen (secondary N) is 1. The molecule has 0 atom stereocenters. The van der Waals surface area contributed by atoms with Crippen molar-refractivity contribution < 1.29 is 0 Å². The molecule has 0 unspecified atom stereocenters. The summed E-state index contributed by atoms with van der Waals surface area (Å²) < 4.78 is 0. The highest BCUT2D eigenvalue weighted by Gasteiger charge is 2.03. The van der Waals surface area contributed by atoms with Gasteiger partial charge in [0.2, 0.25) is 0 Å². The Morgan fingerprint density at radius 3 is 2.48 bits per heavy atom. The smallest absolute Gasteiger partial charge is 0.126 e. The molecule has 0 saturated heterocycles. The van der Waals surface area contributed by atoms with Crippen molar-refractivity contribution >= 4 is 5.82 Å². The zero-order valence-electron chi connectivity index (χ0n) is 12.1. The SMILES string of the molecule is Cc1ccc(CNc2ccccn2)cc1-c1ccccc1. The van der Waals surface area contributed by atoms with Crippen LogP contribution in [-0.2, 0) is 6.54 Å². The Labute approximate surface area is 125 Å². The number of pyridine rings is 1. The highest BCUT2D eigenvalue weighted by molar-refractivity contribution is 5.67. The Hall–Kier alpha value is -2.61. The molecule has 0 aliphatic heterocycles. The van der Waals surface area contributed by atoms with Crippen LogP contribution in [0.1, 0.15) is 11.1 Å². The summed E-state index contributed by atoms with van der Waals surface area (Å²) in [6.07, 6.45) is 1.80. The molecule has 1 heterocycles. The second-order valence-corrected chi connectivity index (χ2v) is 5.08. The topological polar surface area (TPSA) is 24.9 Å². The van der Waals surface area contributed by atoms with Crippen molar-refractivity contribution in [1.29, 1.82) is 0 Å². The number of anilines is 1. The lowest BCUT2D eigenvalue weighted by molar-refractivity contribution is 1.11. The molecule has 2 heteroatoms. The van der Waals surface area contributed by atoms with Crippen molar-refractivity contribution in [2.24, 2.45) is 0 Å². The Morgan fingerprint density at radius 2 is 1.71 bits per heavy atom. The van der Waals surface area contributed by atoms with Crippen LogP contribution in [0.15, 0.2) is 72.9 Å². The van der Waals surface area contributed by atoms with Crippen molar-refractivity contribution in [2.45, 2.75) is 13.5 Å². The summed E-state index contributed by atoms with van der Waals surface area (Å²) in [5, 5.41) is 3.35. The highest BCUT2D eigenvalue weighted by Crippen LogP contribution is 2.24. The van der Waals surface area contributed by atoms with E-state index < -0.39 is 0 Å². The molecule has 0 aliphatic rings. The maximum Gasteiger partial charge on any atom is 0.126 e. The zero-order valence-corrected chi connectivity index (χ0v) is 12.1. The summed E-state index contributed by atoms with van der Waals surface area (Å²) >= 11 is 0.